The van der Waals surface area contributed by atoms with Gasteiger partial charge in [-0.1, -0.05) is 53.9 Å². The van der Waals surface area contributed by atoms with Crippen LogP contribution in [0, 0.1) is 5.92 Å². The van der Waals surface area contributed by atoms with Crippen LogP contribution >= 0.6 is 0 Å². The van der Waals surface area contributed by atoms with E-state index in [1.807, 2.05) is 27.7 Å². The number of esters is 2. The van der Waals surface area contributed by atoms with E-state index >= 15 is 0 Å². The molecule has 4 nitrogen and oxygen atoms in total. The van der Waals surface area contributed by atoms with Gasteiger partial charge in [0.1, 0.15) is 0 Å². The Morgan fingerprint density at radius 1 is 0.783 bits per heavy atom. The van der Waals surface area contributed by atoms with Gasteiger partial charge in [0.2, 0.25) is 0 Å². The molecule has 0 heterocycles. The smallest absolute Gasteiger partial charge is 0.334 e. The van der Waals surface area contributed by atoms with Crippen LogP contribution in [-0.2, 0) is 19.1 Å². The summed E-state index contributed by atoms with van der Waals surface area (Å²) in [6, 6.07) is 0. The van der Waals surface area contributed by atoms with Gasteiger partial charge in [-0.2, -0.15) is 0 Å². The van der Waals surface area contributed by atoms with Crippen LogP contribution in [0.15, 0.2) is 11.1 Å². The third-order valence-electron chi connectivity index (χ3n) is 3.61. The van der Waals surface area contributed by atoms with E-state index in [4.69, 9.17) is 9.47 Å². The van der Waals surface area contributed by atoms with Crippen LogP contribution in [0.4, 0.5) is 0 Å². The van der Waals surface area contributed by atoms with Gasteiger partial charge in [0.15, 0.2) is 0 Å². The molecular formula is C19H34O4. The first kappa shape index (κ1) is 21.7. The molecule has 0 aliphatic carbocycles. The van der Waals surface area contributed by atoms with Gasteiger partial charge in [-0.15, -0.1) is 0 Å². The summed E-state index contributed by atoms with van der Waals surface area (Å²) in [5.41, 5.74) is 0.982. The molecular weight excluding hydrogens is 292 g/mol. The SMILES string of the molecule is CCCCOC(=O)C(CCCC)=C(C(=O)OCCCC)C(C)C. The molecule has 0 aromatic carbocycles. The minimum atomic E-state index is -0.369. The molecule has 0 radical (unpaired) electrons. The maximum Gasteiger partial charge on any atom is 0.334 e. The number of rotatable bonds is 12. The van der Waals surface area contributed by atoms with Gasteiger partial charge < -0.3 is 9.47 Å². The van der Waals surface area contributed by atoms with E-state index in [2.05, 4.69) is 6.92 Å². The van der Waals surface area contributed by atoms with Crippen LogP contribution in [0.3, 0.4) is 0 Å². The predicted octanol–water partition coefficient (Wildman–Crippen LogP) is 4.82. The van der Waals surface area contributed by atoms with E-state index in [1.165, 1.54) is 0 Å². The maximum atomic E-state index is 12.4. The number of ether oxygens (including phenoxy) is 2. The normalized spacial score (nSPS) is 12.1. The van der Waals surface area contributed by atoms with Crippen molar-refractivity contribution in [3.8, 4) is 0 Å². The third kappa shape index (κ3) is 8.77. The minimum Gasteiger partial charge on any atom is -0.462 e. The molecule has 0 amide bonds. The van der Waals surface area contributed by atoms with Crippen molar-refractivity contribution < 1.29 is 19.1 Å². The number of unbranched alkanes of at least 4 members (excludes halogenated alkanes) is 3. The molecule has 0 atom stereocenters. The van der Waals surface area contributed by atoms with Gasteiger partial charge in [0.25, 0.3) is 0 Å². The zero-order chi connectivity index (χ0) is 17.7. The van der Waals surface area contributed by atoms with Gasteiger partial charge in [0.05, 0.1) is 18.8 Å². The molecule has 23 heavy (non-hydrogen) atoms. The van der Waals surface area contributed by atoms with Crippen molar-refractivity contribution in [3.05, 3.63) is 11.1 Å². The fraction of sp³-hybridized carbons (Fsp3) is 0.789. The third-order valence-corrected chi connectivity index (χ3v) is 3.61. The molecule has 0 aliphatic heterocycles. The van der Waals surface area contributed by atoms with E-state index < -0.39 is 0 Å². The first-order valence-corrected chi connectivity index (χ1v) is 9.06. The Balaban J connectivity index is 5.26. The quantitative estimate of drug-likeness (QED) is 0.293. The largest absolute Gasteiger partial charge is 0.462 e. The summed E-state index contributed by atoms with van der Waals surface area (Å²) < 4.78 is 10.7. The zero-order valence-electron chi connectivity index (χ0n) is 15.6. The Morgan fingerprint density at radius 2 is 1.26 bits per heavy atom. The zero-order valence-corrected chi connectivity index (χ0v) is 15.6. The van der Waals surface area contributed by atoms with Crippen molar-refractivity contribution in [3.63, 3.8) is 0 Å². The maximum absolute atomic E-state index is 12.4. The molecule has 0 aromatic heterocycles. The number of carbonyl (C=O) groups is 2. The van der Waals surface area contributed by atoms with Gasteiger partial charge in [-0.3, -0.25) is 0 Å². The first-order chi connectivity index (χ1) is 11.0. The number of carbonyl (C=O) groups excluding carboxylic acids is 2. The summed E-state index contributed by atoms with van der Waals surface area (Å²) in [6.07, 6.45) is 6.00. The van der Waals surface area contributed by atoms with Crippen LogP contribution in [0.2, 0.25) is 0 Å². The van der Waals surface area contributed by atoms with Gasteiger partial charge >= 0.3 is 11.9 Å². The van der Waals surface area contributed by atoms with Gasteiger partial charge in [-0.25, -0.2) is 9.59 Å². The Labute approximate surface area is 141 Å². The fourth-order valence-corrected chi connectivity index (χ4v) is 2.19. The Bertz CT molecular complexity index is 383. The van der Waals surface area contributed by atoms with Crippen molar-refractivity contribution in [1.82, 2.24) is 0 Å². The average Bonchev–Trinajstić information content (AvgIpc) is 2.51. The summed E-state index contributed by atoms with van der Waals surface area (Å²) in [7, 11) is 0. The lowest BCUT2D eigenvalue weighted by Crippen LogP contribution is -2.21. The van der Waals surface area contributed by atoms with E-state index in [1.54, 1.807) is 0 Å². The summed E-state index contributed by atoms with van der Waals surface area (Å²) in [5, 5.41) is 0. The Morgan fingerprint density at radius 3 is 1.70 bits per heavy atom. The van der Waals surface area contributed by atoms with Crippen molar-refractivity contribution in [2.75, 3.05) is 13.2 Å². The van der Waals surface area contributed by atoms with Gasteiger partial charge in [0, 0.05) is 5.57 Å². The topological polar surface area (TPSA) is 52.6 Å². The van der Waals surface area contributed by atoms with E-state index in [0.29, 0.717) is 30.8 Å². The van der Waals surface area contributed by atoms with Crippen LogP contribution in [-0.4, -0.2) is 25.2 Å². The van der Waals surface area contributed by atoms with Crippen molar-refractivity contribution in [2.45, 2.75) is 79.6 Å². The summed E-state index contributed by atoms with van der Waals surface area (Å²) in [5.74, 6) is -0.787. The van der Waals surface area contributed by atoms with Crippen molar-refractivity contribution in [1.29, 1.82) is 0 Å². The second-order valence-electron chi connectivity index (χ2n) is 6.13. The lowest BCUT2D eigenvalue weighted by atomic mass is 9.94. The van der Waals surface area contributed by atoms with Crippen LogP contribution < -0.4 is 0 Å². The highest BCUT2D eigenvalue weighted by Gasteiger charge is 2.25. The Kier molecular flexibility index (Phi) is 12.4. The van der Waals surface area contributed by atoms with Crippen LogP contribution in [0.5, 0.6) is 0 Å². The highest BCUT2D eigenvalue weighted by atomic mass is 16.5. The molecule has 0 N–H and O–H groups in total. The average molecular weight is 326 g/mol. The standard InChI is InChI=1S/C19H34O4/c1-6-9-12-16(18(20)22-13-10-7-2)17(15(4)5)19(21)23-14-11-8-3/h15H,6-14H2,1-5H3. The number of hydrogen-bond donors (Lipinski definition) is 0. The van der Waals surface area contributed by atoms with E-state index in [-0.39, 0.29) is 17.9 Å². The summed E-state index contributed by atoms with van der Waals surface area (Å²) in [4.78, 5) is 24.8. The molecule has 0 unspecified atom stereocenters. The molecule has 4 heteroatoms. The van der Waals surface area contributed by atoms with Gasteiger partial charge in [-0.05, 0) is 31.6 Å². The lowest BCUT2D eigenvalue weighted by molar-refractivity contribution is -0.143. The Hall–Kier alpha value is -1.32. The molecule has 0 aliphatic rings. The molecule has 0 bridgehead atoms. The highest BCUT2D eigenvalue weighted by molar-refractivity contribution is 6.00. The van der Waals surface area contributed by atoms with Crippen molar-refractivity contribution in [2.24, 2.45) is 5.92 Å². The molecule has 0 rings (SSSR count). The monoisotopic (exact) mass is 326 g/mol. The number of hydrogen-bond acceptors (Lipinski definition) is 4. The molecule has 0 aromatic rings. The minimum absolute atomic E-state index is 0.0605. The second kappa shape index (κ2) is 13.1. The summed E-state index contributed by atoms with van der Waals surface area (Å²) >= 11 is 0. The molecule has 0 spiro atoms. The predicted molar refractivity (Wildman–Crippen MR) is 93.1 cm³/mol. The fourth-order valence-electron chi connectivity index (χ4n) is 2.19. The highest BCUT2D eigenvalue weighted by Crippen LogP contribution is 2.23. The first-order valence-electron chi connectivity index (χ1n) is 9.06. The molecule has 0 saturated heterocycles. The van der Waals surface area contributed by atoms with Crippen LogP contribution in [0.1, 0.15) is 79.6 Å². The molecule has 0 fully saturated rings. The second-order valence-corrected chi connectivity index (χ2v) is 6.13. The van der Waals surface area contributed by atoms with Crippen molar-refractivity contribution >= 4 is 11.9 Å². The molecule has 134 valence electrons. The lowest BCUT2D eigenvalue weighted by Gasteiger charge is -2.17. The van der Waals surface area contributed by atoms with Crippen LogP contribution in [0.25, 0.3) is 0 Å². The molecule has 0 saturated carbocycles. The van der Waals surface area contributed by atoms with E-state index in [9.17, 15) is 9.59 Å². The van der Waals surface area contributed by atoms with E-state index in [0.717, 1.165) is 38.5 Å². The summed E-state index contributed by atoms with van der Waals surface area (Å²) in [6.45, 7) is 10.8.